The first kappa shape index (κ1) is 28.4. The van der Waals surface area contributed by atoms with Gasteiger partial charge in [-0.15, -0.1) is 12.4 Å². The van der Waals surface area contributed by atoms with E-state index in [0.717, 1.165) is 74.7 Å². The fourth-order valence-electron chi connectivity index (χ4n) is 3.89. The molecule has 2 aromatic carbocycles. The molecule has 0 atom stereocenters. The van der Waals surface area contributed by atoms with Gasteiger partial charge in [0, 0.05) is 64.5 Å². The molecule has 0 aromatic heterocycles. The van der Waals surface area contributed by atoms with Gasteiger partial charge in [-0.3, -0.25) is 9.98 Å². The third kappa shape index (κ3) is 9.39. The van der Waals surface area contributed by atoms with Crippen LogP contribution in [0.3, 0.4) is 0 Å². The van der Waals surface area contributed by atoms with Crippen LogP contribution in [-0.4, -0.2) is 88.0 Å². The summed E-state index contributed by atoms with van der Waals surface area (Å²) in [6.45, 7) is 7.97. The Balaban J connectivity index is 0.00000432. The van der Waals surface area contributed by atoms with Crippen LogP contribution < -0.4 is 20.9 Å². The molecule has 2 aromatic rings. The zero-order valence-electron chi connectivity index (χ0n) is 20.9. The van der Waals surface area contributed by atoms with Crippen molar-refractivity contribution in [2.24, 2.45) is 21.5 Å². The maximum absolute atomic E-state index is 5.87. The van der Waals surface area contributed by atoms with Crippen molar-refractivity contribution >= 4 is 24.1 Å². The monoisotopic (exact) mass is 502 g/mol. The van der Waals surface area contributed by atoms with Crippen molar-refractivity contribution in [2.45, 2.75) is 12.8 Å². The number of aliphatic imine (C=N–C) groups is 2. The Hall–Kier alpha value is -2.81. The Bertz CT molecular complexity index is 848. The number of hydrogen-bond acceptors (Lipinski definition) is 6. The molecule has 192 valence electrons. The molecule has 9 heteroatoms. The smallest absolute Gasteiger partial charge is 0.125 e. The van der Waals surface area contributed by atoms with Crippen LogP contribution in [0, 0.1) is 0 Å². The summed E-state index contributed by atoms with van der Waals surface area (Å²) < 4.78 is 11.7. The minimum atomic E-state index is 0. The molecule has 35 heavy (non-hydrogen) atoms. The molecule has 3 rings (SSSR count). The topological polar surface area (TPSA) is 102 Å². The first-order valence-electron chi connectivity index (χ1n) is 11.9. The highest BCUT2D eigenvalue weighted by atomic mass is 35.5. The highest BCUT2D eigenvalue weighted by Gasteiger charge is 2.16. The normalized spacial score (nSPS) is 15.5. The average Bonchev–Trinajstić information content (AvgIpc) is 2.89. The maximum Gasteiger partial charge on any atom is 0.125 e. The van der Waals surface area contributed by atoms with Crippen LogP contribution in [0.1, 0.15) is 24.0 Å². The molecule has 4 N–H and O–H groups in total. The van der Waals surface area contributed by atoms with Crippen LogP contribution in [0.5, 0.6) is 11.5 Å². The Morgan fingerprint density at radius 2 is 1.03 bits per heavy atom. The number of nitrogens with two attached hydrogens (primary N) is 2. The third-order valence-corrected chi connectivity index (χ3v) is 6.02. The second-order valence-electron chi connectivity index (χ2n) is 8.35. The van der Waals surface area contributed by atoms with E-state index in [1.807, 2.05) is 48.5 Å². The van der Waals surface area contributed by atoms with Gasteiger partial charge in [0.05, 0.1) is 13.2 Å². The predicted octanol–water partition coefficient (Wildman–Crippen LogP) is 2.63. The number of piperazine rings is 1. The minimum Gasteiger partial charge on any atom is -0.494 e. The van der Waals surface area contributed by atoms with Gasteiger partial charge in [0.1, 0.15) is 23.2 Å². The van der Waals surface area contributed by atoms with E-state index in [-0.39, 0.29) is 12.4 Å². The summed E-state index contributed by atoms with van der Waals surface area (Å²) in [6, 6.07) is 15.6. The number of nitrogens with zero attached hydrogens (tertiary/aromatic N) is 4. The van der Waals surface area contributed by atoms with Crippen LogP contribution >= 0.6 is 12.4 Å². The Labute approximate surface area is 215 Å². The molecule has 0 unspecified atom stereocenters. The van der Waals surface area contributed by atoms with E-state index in [2.05, 4.69) is 19.8 Å². The van der Waals surface area contributed by atoms with Crippen molar-refractivity contribution in [3.8, 4) is 11.5 Å². The Morgan fingerprint density at radius 3 is 1.34 bits per heavy atom. The number of amidine groups is 2. The number of benzene rings is 2. The lowest BCUT2D eigenvalue weighted by atomic mass is 10.2. The van der Waals surface area contributed by atoms with Crippen molar-refractivity contribution < 1.29 is 9.47 Å². The standard InChI is InChI=1S/C26H38N6O2.ClH/c1-29-25(27)21-5-9-23(10-6-21)33-19-3-13-31-15-17-32(18-16-31)14-4-20-34-24-11-7-22(8-12-24)26(28)30-2;/h5-12H,3-4,13-20H2,1-2H3,(H2,27,29)(H2,28,30);1H. The third-order valence-electron chi connectivity index (χ3n) is 6.02. The fourth-order valence-corrected chi connectivity index (χ4v) is 3.89. The van der Waals surface area contributed by atoms with Gasteiger partial charge in [-0.1, -0.05) is 0 Å². The zero-order chi connectivity index (χ0) is 24.2. The highest BCUT2D eigenvalue weighted by Crippen LogP contribution is 2.14. The van der Waals surface area contributed by atoms with E-state index >= 15 is 0 Å². The summed E-state index contributed by atoms with van der Waals surface area (Å²) in [5.41, 5.74) is 13.5. The van der Waals surface area contributed by atoms with Gasteiger partial charge < -0.3 is 30.7 Å². The molecule has 1 saturated heterocycles. The molecule has 1 aliphatic heterocycles. The molecule has 1 aliphatic rings. The van der Waals surface area contributed by atoms with E-state index in [9.17, 15) is 0 Å². The molecule has 1 fully saturated rings. The van der Waals surface area contributed by atoms with Gasteiger partial charge in [-0.25, -0.2) is 0 Å². The van der Waals surface area contributed by atoms with E-state index in [1.54, 1.807) is 14.1 Å². The van der Waals surface area contributed by atoms with Gasteiger partial charge in [0.25, 0.3) is 0 Å². The number of hydrogen-bond donors (Lipinski definition) is 2. The second-order valence-corrected chi connectivity index (χ2v) is 8.35. The number of halogens is 1. The second kappa shape index (κ2) is 15.2. The summed E-state index contributed by atoms with van der Waals surface area (Å²) in [6.07, 6.45) is 2.03. The van der Waals surface area contributed by atoms with Gasteiger partial charge in [-0.2, -0.15) is 0 Å². The van der Waals surface area contributed by atoms with Crippen LogP contribution in [0.25, 0.3) is 0 Å². The van der Waals surface area contributed by atoms with E-state index in [1.165, 1.54) is 0 Å². The lowest BCUT2D eigenvalue weighted by Crippen LogP contribution is -2.47. The maximum atomic E-state index is 5.87. The summed E-state index contributed by atoms with van der Waals surface area (Å²) in [5.74, 6) is 2.82. The zero-order valence-corrected chi connectivity index (χ0v) is 21.7. The largest absolute Gasteiger partial charge is 0.494 e. The van der Waals surface area contributed by atoms with Crippen LogP contribution in [-0.2, 0) is 0 Å². The van der Waals surface area contributed by atoms with Crippen LogP contribution in [0.4, 0.5) is 0 Å². The van der Waals surface area contributed by atoms with Crippen molar-refractivity contribution in [2.75, 3.05) is 66.6 Å². The molecule has 0 amide bonds. The van der Waals surface area contributed by atoms with Crippen LogP contribution in [0.2, 0.25) is 0 Å². The summed E-state index contributed by atoms with van der Waals surface area (Å²) in [7, 11) is 3.38. The SMILES string of the molecule is CN=C(N)c1ccc(OCCCN2CCN(CCCOc3ccc(C(N)=NC)cc3)CC2)cc1.Cl. The van der Waals surface area contributed by atoms with Crippen molar-refractivity contribution in [3.63, 3.8) is 0 Å². The Morgan fingerprint density at radius 1 is 0.686 bits per heavy atom. The molecule has 0 bridgehead atoms. The molecule has 8 nitrogen and oxygen atoms in total. The van der Waals surface area contributed by atoms with Gasteiger partial charge in [-0.05, 0) is 61.4 Å². The molecule has 0 saturated carbocycles. The summed E-state index contributed by atoms with van der Waals surface area (Å²) >= 11 is 0. The first-order valence-corrected chi connectivity index (χ1v) is 11.9. The highest BCUT2D eigenvalue weighted by molar-refractivity contribution is 5.97. The first-order chi connectivity index (χ1) is 16.6. The Kier molecular flexibility index (Phi) is 12.4. The molecule has 0 spiro atoms. The average molecular weight is 503 g/mol. The van der Waals surface area contributed by atoms with Gasteiger partial charge >= 0.3 is 0 Å². The number of rotatable bonds is 12. The molecular weight excluding hydrogens is 464 g/mol. The molecule has 0 aliphatic carbocycles. The van der Waals surface area contributed by atoms with Gasteiger partial charge in [0.15, 0.2) is 0 Å². The summed E-state index contributed by atoms with van der Waals surface area (Å²) in [5, 5.41) is 0. The minimum absolute atomic E-state index is 0. The fraction of sp³-hybridized carbons (Fsp3) is 0.462. The number of ether oxygens (including phenoxy) is 2. The molecule has 1 heterocycles. The quantitative estimate of drug-likeness (QED) is 0.263. The van der Waals surface area contributed by atoms with Gasteiger partial charge in [0.2, 0.25) is 0 Å². The molecular formula is C26H39ClN6O2. The summed E-state index contributed by atoms with van der Waals surface area (Å²) in [4.78, 5) is 13.0. The van der Waals surface area contributed by atoms with Crippen molar-refractivity contribution in [1.29, 1.82) is 0 Å². The van der Waals surface area contributed by atoms with Crippen molar-refractivity contribution in [3.05, 3.63) is 59.7 Å². The molecule has 0 radical (unpaired) electrons. The van der Waals surface area contributed by atoms with Crippen molar-refractivity contribution in [1.82, 2.24) is 9.80 Å². The predicted molar refractivity (Wildman–Crippen MR) is 147 cm³/mol. The van der Waals surface area contributed by atoms with E-state index in [4.69, 9.17) is 20.9 Å². The van der Waals surface area contributed by atoms with E-state index in [0.29, 0.717) is 24.9 Å². The van der Waals surface area contributed by atoms with E-state index < -0.39 is 0 Å². The lowest BCUT2D eigenvalue weighted by Gasteiger charge is -2.34. The lowest BCUT2D eigenvalue weighted by molar-refractivity contribution is 0.120. The van der Waals surface area contributed by atoms with Crippen LogP contribution in [0.15, 0.2) is 58.5 Å².